The van der Waals surface area contributed by atoms with Crippen molar-refractivity contribution in [2.75, 3.05) is 6.54 Å². The highest BCUT2D eigenvalue weighted by atomic mass is 16.1. The Morgan fingerprint density at radius 2 is 2.36 bits per heavy atom. The minimum Gasteiger partial charge on any atom is -0.307 e. The maximum atomic E-state index is 11.4. The van der Waals surface area contributed by atoms with E-state index in [9.17, 15) is 4.79 Å². The van der Waals surface area contributed by atoms with Gasteiger partial charge in [0.15, 0.2) is 0 Å². The topological polar surface area (TPSA) is 29.1 Å². The van der Waals surface area contributed by atoms with E-state index in [4.69, 9.17) is 0 Å². The Hall–Kier alpha value is -0.370. The van der Waals surface area contributed by atoms with Crippen molar-refractivity contribution in [3.63, 3.8) is 0 Å². The van der Waals surface area contributed by atoms with Crippen LogP contribution in [0.2, 0.25) is 0 Å². The molecule has 0 spiro atoms. The Bertz CT molecular complexity index is 136. The standard InChI is InChI=1S/C9H17NO/c1-7(2)6-9(11)8-4-3-5-10-8/h7-8,10H,3-6H2,1-2H3/t8-/m0/s1. The van der Waals surface area contributed by atoms with Crippen molar-refractivity contribution < 1.29 is 4.79 Å². The van der Waals surface area contributed by atoms with Gasteiger partial charge in [0.1, 0.15) is 5.78 Å². The highest BCUT2D eigenvalue weighted by Gasteiger charge is 2.21. The zero-order valence-corrected chi connectivity index (χ0v) is 7.39. The lowest BCUT2D eigenvalue weighted by molar-refractivity contribution is -0.121. The van der Waals surface area contributed by atoms with Gasteiger partial charge in [-0.2, -0.15) is 0 Å². The second kappa shape index (κ2) is 3.86. The van der Waals surface area contributed by atoms with Gasteiger partial charge in [0, 0.05) is 6.42 Å². The Balaban J connectivity index is 2.28. The normalized spacial score (nSPS) is 24.5. The summed E-state index contributed by atoms with van der Waals surface area (Å²) in [5, 5.41) is 3.21. The highest BCUT2D eigenvalue weighted by Crippen LogP contribution is 2.10. The zero-order chi connectivity index (χ0) is 8.27. The second-order valence-corrected chi connectivity index (χ2v) is 3.71. The number of hydrogen-bond acceptors (Lipinski definition) is 2. The summed E-state index contributed by atoms with van der Waals surface area (Å²) in [5.41, 5.74) is 0. The number of rotatable bonds is 3. The van der Waals surface area contributed by atoms with Crippen molar-refractivity contribution in [3.8, 4) is 0 Å². The first-order valence-electron chi connectivity index (χ1n) is 4.46. The van der Waals surface area contributed by atoms with Crippen LogP contribution in [0.1, 0.15) is 33.1 Å². The van der Waals surface area contributed by atoms with Crippen molar-refractivity contribution in [3.05, 3.63) is 0 Å². The molecule has 1 aliphatic heterocycles. The fraction of sp³-hybridized carbons (Fsp3) is 0.889. The fourth-order valence-corrected chi connectivity index (χ4v) is 1.50. The average Bonchev–Trinajstić information content (AvgIpc) is 2.35. The minimum atomic E-state index is 0.178. The first-order chi connectivity index (χ1) is 5.20. The third-order valence-electron chi connectivity index (χ3n) is 2.06. The lowest BCUT2D eigenvalue weighted by atomic mass is 10.0. The number of carbonyl (C=O) groups excluding carboxylic acids is 1. The molecule has 0 aromatic carbocycles. The molecule has 11 heavy (non-hydrogen) atoms. The predicted molar refractivity (Wildman–Crippen MR) is 45.5 cm³/mol. The number of ketones is 1. The highest BCUT2D eigenvalue weighted by molar-refractivity contribution is 5.84. The van der Waals surface area contributed by atoms with E-state index in [-0.39, 0.29) is 6.04 Å². The van der Waals surface area contributed by atoms with E-state index in [1.165, 1.54) is 0 Å². The number of Topliss-reactive ketones (excluding diaryl/α,β-unsaturated/α-hetero) is 1. The molecule has 0 bridgehead atoms. The Kier molecular flexibility index (Phi) is 3.06. The van der Waals surface area contributed by atoms with Crippen molar-refractivity contribution in [1.29, 1.82) is 0 Å². The predicted octanol–water partition coefficient (Wildman–Crippen LogP) is 1.35. The van der Waals surface area contributed by atoms with Crippen LogP contribution in [-0.2, 0) is 4.79 Å². The molecule has 2 heteroatoms. The number of carbonyl (C=O) groups is 1. The molecule has 0 aromatic heterocycles. The maximum absolute atomic E-state index is 11.4. The Labute approximate surface area is 68.4 Å². The minimum absolute atomic E-state index is 0.178. The molecule has 1 aliphatic rings. The summed E-state index contributed by atoms with van der Waals surface area (Å²) < 4.78 is 0. The van der Waals surface area contributed by atoms with Gasteiger partial charge in [0.25, 0.3) is 0 Å². The molecule has 1 rings (SSSR count). The molecular formula is C9H17NO. The Morgan fingerprint density at radius 1 is 1.64 bits per heavy atom. The van der Waals surface area contributed by atoms with Crippen LogP contribution in [0.25, 0.3) is 0 Å². The monoisotopic (exact) mass is 155 g/mol. The van der Waals surface area contributed by atoms with Crippen LogP contribution < -0.4 is 5.32 Å². The summed E-state index contributed by atoms with van der Waals surface area (Å²) in [6, 6.07) is 0.178. The molecule has 1 saturated heterocycles. The van der Waals surface area contributed by atoms with Crippen LogP contribution in [0.4, 0.5) is 0 Å². The van der Waals surface area contributed by atoms with Crippen LogP contribution in [0.15, 0.2) is 0 Å². The second-order valence-electron chi connectivity index (χ2n) is 3.71. The Morgan fingerprint density at radius 3 is 2.82 bits per heavy atom. The van der Waals surface area contributed by atoms with Crippen molar-refractivity contribution in [2.45, 2.75) is 39.2 Å². The van der Waals surface area contributed by atoms with Gasteiger partial charge in [-0.1, -0.05) is 13.8 Å². The van der Waals surface area contributed by atoms with E-state index in [1.807, 2.05) is 0 Å². The van der Waals surface area contributed by atoms with Gasteiger partial charge in [-0.05, 0) is 25.3 Å². The van der Waals surface area contributed by atoms with Gasteiger partial charge < -0.3 is 5.32 Å². The largest absolute Gasteiger partial charge is 0.307 e. The quantitative estimate of drug-likeness (QED) is 0.666. The van der Waals surface area contributed by atoms with Gasteiger partial charge in [0.2, 0.25) is 0 Å². The number of hydrogen-bond donors (Lipinski definition) is 1. The summed E-state index contributed by atoms with van der Waals surface area (Å²) in [6.07, 6.45) is 2.94. The summed E-state index contributed by atoms with van der Waals surface area (Å²) in [4.78, 5) is 11.4. The third kappa shape index (κ3) is 2.62. The van der Waals surface area contributed by atoms with Crippen LogP contribution in [0.5, 0.6) is 0 Å². The molecule has 64 valence electrons. The molecule has 1 atom stereocenters. The van der Waals surface area contributed by atoms with Gasteiger partial charge >= 0.3 is 0 Å². The summed E-state index contributed by atoms with van der Waals surface area (Å²) in [7, 11) is 0. The smallest absolute Gasteiger partial charge is 0.149 e. The fourth-order valence-electron chi connectivity index (χ4n) is 1.50. The summed E-state index contributed by atoms with van der Waals surface area (Å²) in [6.45, 7) is 5.20. The van der Waals surface area contributed by atoms with E-state index in [0.29, 0.717) is 11.7 Å². The van der Waals surface area contributed by atoms with Gasteiger partial charge in [-0.25, -0.2) is 0 Å². The average molecular weight is 155 g/mol. The molecule has 0 radical (unpaired) electrons. The molecule has 0 aromatic rings. The lowest BCUT2D eigenvalue weighted by Gasteiger charge is -2.09. The summed E-state index contributed by atoms with van der Waals surface area (Å²) >= 11 is 0. The van der Waals surface area contributed by atoms with Gasteiger partial charge in [0.05, 0.1) is 6.04 Å². The molecule has 0 aliphatic carbocycles. The SMILES string of the molecule is CC(C)CC(=O)[C@@H]1CCCN1. The number of nitrogens with one attached hydrogen (secondary N) is 1. The van der Waals surface area contributed by atoms with Gasteiger partial charge in [-0.15, -0.1) is 0 Å². The van der Waals surface area contributed by atoms with Crippen molar-refractivity contribution in [1.82, 2.24) is 5.32 Å². The molecule has 0 amide bonds. The van der Waals surface area contributed by atoms with Crippen molar-refractivity contribution >= 4 is 5.78 Å². The van der Waals surface area contributed by atoms with E-state index >= 15 is 0 Å². The van der Waals surface area contributed by atoms with Crippen LogP contribution in [-0.4, -0.2) is 18.4 Å². The molecule has 1 N–H and O–H groups in total. The van der Waals surface area contributed by atoms with Crippen LogP contribution in [0.3, 0.4) is 0 Å². The molecule has 0 saturated carbocycles. The first-order valence-corrected chi connectivity index (χ1v) is 4.46. The van der Waals surface area contributed by atoms with Gasteiger partial charge in [-0.3, -0.25) is 4.79 Å². The van der Waals surface area contributed by atoms with E-state index in [1.54, 1.807) is 0 Å². The zero-order valence-electron chi connectivity index (χ0n) is 7.39. The van der Waals surface area contributed by atoms with Crippen molar-refractivity contribution in [2.24, 2.45) is 5.92 Å². The van der Waals surface area contributed by atoms with Crippen LogP contribution >= 0.6 is 0 Å². The first kappa shape index (κ1) is 8.72. The van der Waals surface area contributed by atoms with E-state index < -0.39 is 0 Å². The summed E-state index contributed by atoms with van der Waals surface area (Å²) in [5.74, 6) is 0.905. The lowest BCUT2D eigenvalue weighted by Crippen LogP contribution is -2.31. The molecular weight excluding hydrogens is 138 g/mol. The molecule has 2 nitrogen and oxygen atoms in total. The van der Waals surface area contributed by atoms with Crippen LogP contribution in [0, 0.1) is 5.92 Å². The van der Waals surface area contributed by atoms with E-state index in [0.717, 1.165) is 25.8 Å². The molecule has 1 fully saturated rings. The molecule has 1 heterocycles. The maximum Gasteiger partial charge on any atom is 0.149 e. The molecule has 0 unspecified atom stereocenters. The third-order valence-corrected chi connectivity index (χ3v) is 2.06. The van der Waals surface area contributed by atoms with E-state index in [2.05, 4.69) is 19.2 Å².